The Balaban J connectivity index is 2.54. The van der Waals surface area contributed by atoms with Crippen molar-refractivity contribution in [1.29, 1.82) is 0 Å². The van der Waals surface area contributed by atoms with Crippen LogP contribution in [-0.4, -0.2) is 48.2 Å². The van der Waals surface area contributed by atoms with Crippen LogP contribution < -0.4 is 11.5 Å². The quantitative estimate of drug-likeness (QED) is 0.652. The van der Waals surface area contributed by atoms with Gasteiger partial charge in [-0.2, -0.15) is 0 Å². The zero-order valence-corrected chi connectivity index (χ0v) is 9.69. The Bertz CT molecular complexity index is 233. The number of hydrogen-bond donors (Lipinski definition) is 2. The maximum absolute atomic E-state index is 11.1. The van der Waals surface area contributed by atoms with Crippen LogP contribution in [0.3, 0.4) is 0 Å². The van der Waals surface area contributed by atoms with Crippen LogP contribution in [0.1, 0.15) is 20.8 Å². The van der Waals surface area contributed by atoms with Gasteiger partial charge in [0.2, 0.25) is 5.91 Å². The van der Waals surface area contributed by atoms with Gasteiger partial charge < -0.3 is 16.2 Å². The molecule has 5 nitrogen and oxygen atoms in total. The SMILES string of the molecule is CC1CN(CC(C)(N)C(N)=O)CC(C)O1. The Morgan fingerprint density at radius 3 is 2.33 bits per heavy atom. The van der Waals surface area contributed by atoms with Gasteiger partial charge in [0.25, 0.3) is 0 Å². The van der Waals surface area contributed by atoms with Gasteiger partial charge in [-0.1, -0.05) is 0 Å². The van der Waals surface area contributed by atoms with Crippen molar-refractivity contribution in [2.45, 2.75) is 38.5 Å². The molecule has 0 bridgehead atoms. The molecule has 1 rings (SSSR count). The number of primary amides is 1. The molecule has 3 atom stereocenters. The van der Waals surface area contributed by atoms with E-state index in [1.807, 2.05) is 13.8 Å². The Kier molecular flexibility index (Phi) is 3.70. The van der Waals surface area contributed by atoms with Gasteiger partial charge in [0, 0.05) is 19.6 Å². The van der Waals surface area contributed by atoms with E-state index in [-0.39, 0.29) is 12.2 Å². The summed E-state index contributed by atoms with van der Waals surface area (Å²) >= 11 is 0. The van der Waals surface area contributed by atoms with E-state index >= 15 is 0 Å². The van der Waals surface area contributed by atoms with Crippen molar-refractivity contribution in [2.24, 2.45) is 11.5 Å². The summed E-state index contributed by atoms with van der Waals surface area (Å²) in [5.74, 6) is -0.464. The highest BCUT2D eigenvalue weighted by molar-refractivity contribution is 5.84. The van der Waals surface area contributed by atoms with Crippen molar-refractivity contribution in [1.82, 2.24) is 4.90 Å². The highest BCUT2D eigenvalue weighted by atomic mass is 16.5. The first kappa shape index (κ1) is 12.4. The summed E-state index contributed by atoms with van der Waals surface area (Å²) in [6, 6.07) is 0. The minimum Gasteiger partial charge on any atom is -0.373 e. The third-order valence-corrected chi connectivity index (χ3v) is 2.61. The van der Waals surface area contributed by atoms with Crippen LogP contribution in [0, 0.1) is 0 Å². The predicted octanol–water partition coefficient (Wildman–Crippen LogP) is -0.702. The molecule has 0 saturated carbocycles. The second kappa shape index (κ2) is 4.47. The first-order valence-corrected chi connectivity index (χ1v) is 5.28. The number of amides is 1. The van der Waals surface area contributed by atoms with Gasteiger partial charge in [-0.05, 0) is 20.8 Å². The summed E-state index contributed by atoms with van der Waals surface area (Å²) in [6.07, 6.45) is 0.356. The van der Waals surface area contributed by atoms with Crippen molar-refractivity contribution in [3.63, 3.8) is 0 Å². The molecule has 1 amide bonds. The van der Waals surface area contributed by atoms with Crippen molar-refractivity contribution in [2.75, 3.05) is 19.6 Å². The highest BCUT2D eigenvalue weighted by Crippen LogP contribution is 2.13. The molecule has 0 aromatic heterocycles. The van der Waals surface area contributed by atoms with Crippen molar-refractivity contribution < 1.29 is 9.53 Å². The van der Waals surface area contributed by atoms with Crippen LogP contribution in [0.25, 0.3) is 0 Å². The van der Waals surface area contributed by atoms with E-state index in [0.29, 0.717) is 6.54 Å². The summed E-state index contributed by atoms with van der Waals surface area (Å²) in [6.45, 7) is 7.77. The van der Waals surface area contributed by atoms with Gasteiger partial charge in [0.1, 0.15) is 5.54 Å². The molecular formula is C10H21N3O2. The molecule has 0 aromatic rings. The number of ether oxygens (including phenoxy) is 1. The first-order chi connectivity index (χ1) is 6.81. The summed E-state index contributed by atoms with van der Waals surface area (Å²) in [5, 5.41) is 0. The molecule has 4 N–H and O–H groups in total. The average molecular weight is 215 g/mol. The van der Waals surface area contributed by atoms with E-state index < -0.39 is 11.4 Å². The van der Waals surface area contributed by atoms with E-state index in [1.54, 1.807) is 6.92 Å². The lowest BCUT2D eigenvalue weighted by atomic mass is 10.0. The van der Waals surface area contributed by atoms with Crippen LogP contribution in [0.4, 0.5) is 0 Å². The Labute approximate surface area is 90.7 Å². The van der Waals surface area contributed by atoms with Crippen LogP contribution in [-0.2, 0) is 9.53 Å². The van der Waals surface area contributed by atoms with Gasteiger partial charge in [-0.25, -0.2) is 0 Å². The van der Waals surface area contributed by atoms with Gasteiger partial charge >= 0.3 is 0 Å². The Hall–Kier alpha value is -0.650. The van der Waals surface area contributed by atoms with E-state index in [1.165, 1.54) is 0 Å². The molecule has 5 heteroatoms. The molecule has 0 aromatic carbocycles. The summed E-state index contributed by atoms with van der Waals surface area (Å²) < 4.78 is 5.59. The van der Waals surface area contributed by atoms with Crippen molar-refractivity contribution in [3.8, 4) is 0 Å². The van der Waals surface area contributed by atoms with E-state index in [0.717, 1.165) is 13.1 Å². The maximum Gasteiger partial charge on any atom is 0.238 e. The van der Waals surface area contributed by atoms with Crippen LogP contribution in [0.15, 0.2) is 0 Å². The fourth-order valence-electron chi connectivity index (χ4n) is 1.96. The number of morpholine rings is 1. The van der Waals surface area contributed by atoms with Gasteiger partial charge in [0.05, 0.1) is 12.2 Å². The average Bonchev–Trinajstić information content (AvgIpc) is 1.99. The van der Waals surface area contributed by atoms with Crippen LogP contribution >= 0.6 is 0 Å². The van der Waals surface area contributed by atoms with E-state index in [4.69, 9.17) is 16.2 Å². The summed E-state index contributed by atoms with van der Waals surface area (Å²) in [5.41, 5.74) is 10.1. The standard InChI is InChI=1S/C10H21N3O2/c1-7-4-13(5-8(2)15-7)6-10(3,12)9(11)14/h7-8H,4-6,12H2,1-3H3,(H2,11,14). The number of nitrogens with two attached hydrogens (primary N) is 2. The first-order valence-electron chi connectivity index (χ1n) is 5.28. The lowest BCUT2D eigenvalue weighted by Crippen LogP contribution is -2.59. The number of carbonyl (C=O) groups is 1. The molecule has 1 saturated heterocycles. The van der Waals surface area contributed by atoms with Gasteiger partial charge in [-0.3, -0.25) is 9.69 Å². The van der Waals surface area contributed by atoms with Crippen molar-refractivity contribution >= 4 is 5.91 Å². The predicted molar refractivity (Wildman–Crippen MR) is 58.2 cm³/mol. The third-order valence-electron chi connectivity index (χ3n) is 2.61. The molecule has 3 unspecified atom stereocenters. The van der Waals surface area contributed by atoms with Gasteiger partial charge in [0.15, 0.2) is 0 Å². The largest absolute Gasteiger partial charge is 0.373 e. The number of carbonyl (C=O) groups excluding carboxylic acids is 1. The molecule has 1 fully saturated rings. The van der Waals surface area contributed by atoms with Crippen LogP contribution in [0.2, 0.25) is 0 Å². The van der Waals surface area contributed by atoms with Gasteiger partial charge in [-0.15, -0.1) is 0 Å². The molecule has 15 heavy (non-hydrogen) atoms. The summed E-state index contributed by atoms with van der Waals surface area (Å²) in [4.78, 5) is 13.2. The molecule has 1 heterocycles. The third kappa shape index (κ3) is 3.44. The normalized spacial score (nSPS) is 32.3. The molecule has 0 radical (unpaired) electrons. The van der Waals surface area contributed by atoms with Crippen LogP contribution in [0.5, 0.6) is 0 Å². The zero-order chi connectivity index (χ0) is 11.6. The second-order valence-corrected chi connectivity index (χ2v) is 4.73. The number of rotatable bonds is 3. The summed E-state index contributed by atoms with van der Waals surface area (Å²) in [7, 11) is 0. The fraction of sp³-hybridized carbons (Fsp3) is 0.900. The second-order valence-electron chi connectivity index (χ2n) is 4.73. The monoisotopic (exact) mass is 215 g/mol. The lowest BCUT2D eigenvalue weighted by molar-refractivity contribution is -0.125. The van der Waals surface area contributed by atoms with E-state index in [9.17, 15) is 4.79 Å². The Morgan fingerprint density at radius 2 is 1.93 bits per heavy atom. The fourth-order valence-corrected chi connectivity index (χ4v) is 1.96. The lowest BCUT2D eigenvalue weighted by Gasteiger charge is -2.38. The molecule has 0 aliphatic carbocycles. The topological polar surface area (TPSA) is 81.6 Å². The van der Waals surface area contributed by atoms with Crippen molar-refractivity contribution in [3.05, 3.63) is 0 Å². The van der Waals surface area contributed by atoms with E-state index in [2.05, 4.69) is 4.90 Å². The minimum absolute atomic E-state index is 0.178. The molecule has 0 spiro atoms. The molecular weight excluding hydrogens is 194 g/mol. The molecule has 1 aliphatic heterocycles. The number of hydrogen-bond acceptors (Lipinski definition) is 4. The molecule has 1 aliphatic rings. The maximum atomic E-state index is 11.1. The smallest absolute Gasteiger partial charge is 0.238 e. The highest BCUT2D eigenvalue weighted by Gasteiger charge is 2.31. The Morgan fingerprint density at radius 1 is 1.47 bits per heavy atom. The minimum atomic E-state index is -0.962. The zero-order valence-electron chi connectivity index (χ0n) is 9.69. The number of nitrogens with zero attached hydrogens (tertiary/aromatic N) is 1. The molecule has 88 valence electrons.